The first-order valence-electron chi connectivity index (χ1n) is 9.83. The number of rotatable bonds is 7. The molecule has 152 valence electrons. The van der Waals surface area contributed by atoms with Crippen LogP contribution in [0.15, 0.2) is 23.2 Å². The molecule has 0 spiro atoms. The van der Waals surface area contributed by atoms with Crippen LogP contribution in [0, 0.1) is 6.92 Å². The van der Waals surface area contributed by atoms with Gasteiger partial charge in [0.1, 0.15) is 5.75 Å². The summed E-state index contributed by atoms with van der Waals surface area (Å²) in [5.41, 5.74) is 2.39. The second-order valence-corrected chi connectivity index (χ2v) is 7.26. The number of nitrogens with zero attached hydrogens (tertiary/aromatic N) is 3. The Morgan fingerprint density at radius 2 is 2.00 bits per heavy atom. The SMILES string of the molecule is CCCOc1cc(C)ccc1CNC(=NC)NCC1CN2CCN1CC2.I. The minimum absolute atomic E-state index is 0. The highest BCUT2D eigenvalue weighted by molar-refractivity contribution is 14.0. The van der Waals surface area contributed by atoms with Crippen LogP contribution < -0.4 is 15.4 Å². The molecule has 3 heterocycles. The molecule has 1 atom stereocenters. The Bertz CT molecular complexity index is 616. The zero-order valence-corrected chi connectivity index (χ0v) is 19.2. The fourth-order valence-corrected chi connectivity index (χ4v) is 3.69. The topological polar surface area (TPSA) is 52.1 Å². The number of aliphatic imine (C=N–C) groups is 1. The molecular weight excluding hydrogens is 453 g/mol. The average Bonchev–Trinajstić information content (AvgIpc) is 2.68. The number of hydrogen-bond donors (Lipinski definition) is 2. The number of fused-ring (bicyclic) bond motifs is 3. The summed E-state index contributed by atoms with van der Waals surface area (Å²) in [6.45, 7) is 12.6. The van der Waals surface area contributed by atoms with E-state index in [1.165, 1.54) is 37.3 Å². The standard InChI is InChI=1S/C20H33N5O.HI/c1-4-11-26-19-12-16(2)5-6-17(19)13-22-20(21-3)23-14-18-15-24-7-9-25(18)10-8-24;/h5-6,12,18H,4,7-11,13-15H2,1-3H3,(H2,21,22,23);1H. The molecule has 27 heavy (non-hydrogen) atoms. The molecule has 1 unspecified atom stereocenters. The van der Waals surface area contributed by atoms with Crippen molar-refractivity contribution >= 4 is 29.9 Å². The smallest absolute Gasteiger partial charge is 0.191 e. The zero-order valence-electron chi connectivity index (χ0n) is 16.8. The van der Waals surface area contributed by atoms with E-state index in [0.29, 0.717) is 12.6 Å². The molecule has 3 saturated heterocycles. The van der Waals surface area contributed by atoms with Crippen LogP contribution in [0.25, 0.3) is 0 Å². The second kappa shape index (κ2) is 11.1. The predicted octanol–water partition coefficient (Wildman–Crippen LogP) is 2.07. The van der Waals surface area contributed by atoms with Gasteiger partial charge in [0, 0.05) is 64.5 Å². The molecule has 0 aromatic heterocycles. The first-order chi connectivity index (χ1) is 12.7. The summed E-state index contributed by atoms with van der Waals surface area (Å²) in [6.07, 6.45) is 1.01. The van der Waals surface area contributed by atoms with Crippen LogP contribution in [-0.4, -0.2) is 74.7 Å². The molecule has 2 bridgehead atoms. The van der Waals surface area contributed by atoms with Gasteiger partial charge in [-0.1, -0.05) is 19.1 Å². The molecule has 2 N–H and O–H groups in total. The van der Waals surface area contributed by atoms with Gasteiger partial charge in [0.05, 0.1) is 6.61 Å². The molecule has 0 aliphatic carbocycles. The van der Waals surface area contributed by atoms with Crippen LogP contribution in [0.2, 0.25) is 0 Å². The van der Waals surface area contributed by atoms with E-state index in [1.807, 2.05) is 7.05 Å². The number of halogens is 1. The third-order valence-corrected chi connectivity index (χ3v) is 5.25. The summed E-state index contributed by atoms with van der Waals surface area (Å²) < 4.78 is 5.91. The maximum atomic E-state index is 5.91. The van der Waals surface area contributed by atoms with Crippen molar-refractivity contribution in [2.75, 3.05) is 52.9 Å². The van der Waals surface area contributed by atoms with Crippen molar-refractivity contribution in [3.8, 4) is 5.75 Å². The van der Waals surface area contributed by atoms with Crippen LogP contribution >= 0.6 is 24.0 Å². The highest BCUT2D eigenvalue weighted by Gasteiger charge is 2.31. The van der Waals surface area contributed by atoms with Crippen LogP contribution in [0.4, 0.5) is 0 Å². The van der Waals surface area contributed by atoms with E-state index < -0.39 is 0 Å². The molecule has 6 nitrogen and oxygen atoms in total. The van der Waals surface area contributed by atoms with Gasteiger partial charge in [0.15, 0.2) is 5.96 Å². The summed E-state index contributed by atoms with van der Waals surface area (Å²) >= 11 is 0. The molecule has 0 amide bonds. The van der Waals surface area contributed by atoms with Crippen molar-refractivity contribution in [3.05, 3.63) is 29.3 Å². The molecule has 1 aromatic carbocycles. The lowest BCUT2D eigenvalue weighted by Gasteiger charge is -2.47. The lowest BCUT2D eigenvalue weighted by Crippen LogP contribution is -2.63. The fourth-order valence-electron chi connectivity index (χ4n) is 3.69. The van der Waals surface area contributed by atoms with Gasteiger partial charge in [0.2, 0.25) is 0 Å². The predicted molar refractivity (Wildman–Crippen MR) is 122 cm³/mol. The highest BCUT2D eigenvalue weighted by Crippen LogP contribution is 2.20. The fraction of sp³-hybridized carbons (Fsp3) is 0.650. The largest absolute Gasteiger partial charge is 0.493 e. The van der Waals surface area contributed by atoms with Crippen molar-refractivity contribution in [1.29, 1.82) is 0 Å². The number of hydrogen-bond acceptors (Lipinski definition) is 4. The van der Waals surface area contributed by atoms with Crippen molar-refractivity contribution in [1.82, 2.24) is 20.4 Å². The van der Waals surface area contributed by atoms with Gasteiger partial charge in [-0.05, 0) is 25.0 Å². The average molecular weight is 487 g/mol. The first kappa shape index (κ1) is 22.2. The normalized spacial score (nSPS) is 24.3. The van der Waals surface area contributed by atoms with E-state index >= 15 is 0 Å². The number of benzene rings is 1. The first-order valence-corrected chi connectivity index (χ1v) is 9.83. The Hall–Kier alpha value is -1.06. The Labute approximate surface area is 180 Å². The number of ether oxygens (including phenoxy) is 1. The third-order valence-electron chi connectivity index (χ3n) is 5.25. The van der Waals surface area contributed by atoms with E-state index in [0.717, 1.165) is 37.8 Å². The Balaban J connectivity index is 0.00000261. The Kier molecular flexibility index (Phi) is 9.11. The Morgan fingerprint density at radius 1 is 1.22 bits per heavy atom. The molecule has 4 rings (SSSR count). The van der Waals surface area contributed by atoms with Crippen molar-refractivity contribution < 1.29 is 4.74 Å². The zero-order chi connectivity index (χ0) is 18.4. The van der Waals surface area contributed by atoms with E-state index in [9.17, 15) is 0 Å². The van der Waals surface area contributed by atoms with Crippen molar-refractivity contribution in [3.63, 3.8) is 0 Å². The molecule has 3 aliphatic heterocycles. The van der Waals surface area contributed by atoms with E-state index in [1.54, 1.807) is 0 Å². The van der Waals surface area contributed by atoms with Gasteiger partial charge in [-0.2, -0.15) is 0 Å². The van der Waals surface area contributed by atoms with Crippen LogP contribution in [0.5, 0.6) is 5.75 Å². The number of piperazine rings is 3. The highest BCUT2D eigenvalue weighted by atomic mass is 127. The van der Waals surface area contributed by atoms with Crippen LogP contribution in [-0.2, 0) is 6.54 Å². The van der Waals surface area contributed by atoms with E-state index in [2.05, 4.69) is 57.5 Å². The minimum atomic E-state index is 0. The van der Waals surface area contributed by atoms with Gasteiger partial charge >= 0.3 is 0 Å². The molecule has 7 heteroatoms. The second-order valence-electron chi connectivity index (χ2n) is 7.26. The lowest BCUT2D eigenvalue weighted by atomic mass is 10.1. The van der Waals surface area contributed by atoms with Crippen molar-refractivity contribution in [2.45, 2.75) is 32.9 Å². The Morgan fingerprint density at radius 3 is 2.63 bits per heavy atom. The monoisotopic (exact) mass is 487 g/mol. The maximum absolute atomic E-state index is 5.91. The number of nitrogens with one attached hydrogen (secondary N) is 2. The molecule has 3 fully saturated rings. The summed E-state index contributed by atoms with van der Waals surface area (Å²) in [6, 6.07) is 6.97. The molecule has 0 radical (unpaired) electrons. The molecule has 3 aliphatic rings. The van der Waals surface area contributed by atoms with Gasteiger partial charge in [0.25, 0.3) is 0 Å². The quantitative estimate of drug-likeness (QED) is 0.351. The summed E-state index contributed by atoms with van der Waals surface area (Å²) in [4.78, 5) is 9.54. The van der Waals surface area contributed by atoms with E-state index in [-0.39, 0.29) is 24.0 Å². The number of guanidine groups is 1. The van der Waals surface area contributed by atoms with Gasteiger partial charge in [-0.25, -0.2) is 0 Å². The van der Waals surface area contributed by atoms with Crippen LogP contribution in [0.3, 0.4) is 0 Å². The van der Waals surface area contributed by atoms with Gasteiger partial charge in [-0.3, -0.25) is 14.8 Å². The third kappa shape index (κ3) is 6.22. The van der Waals surface area contributed by atoms with Crippen LogP contribution in [0.1, 0.15) is 24.5 Å². The minimum Gasteiger partial charge on any atom is -0.493 e. The summed E-state index contributed by atoms with van der Waals surface area (Å²) in [5.74, 6) is 1.82. The summed E-state index contributed by atoms with van der Waals surface area (Å²) in [5, 5.41) is 6.93. The van der Waals surface area contributed by atoms with Gasteiger partial charge in [-0.15, -0.1) is 24.0 Å². The van der Waals surface area contributed by atoms with E-state index in [4.69, 9.17) is 4.74 Å². The maximum Gasteiger partial charge on any atom is 0.191 e. The molecule has 1 aromatic rings. The van der Waals surface area contributed by atoms with Gasteiger partial charge < -0.3 is 15.4 Å². The molecular formula is C20H34IN5O. The molecule has 0 saturated carbocycles. The van der Waals surface area contributed by atoms with Crippen molar-refractivity contribution in [2.24, 2.45) is 4.99 Å². The summed E-state index contributed by atoms with van der Waals surface area (Å²) in [7, 11) is 1.83. The lowest BCUT2D eigenvalue weighted by molar-refractivity contribution is 0.0154. The number of aryl methyl sites for hydroxylation is 1.